The highest BCUT2D eigenvalue weighted by atomic mass is 35.5. The van der Waals surface area contributed by atoms with Gasteiger partial charge in [0.15, 0.2) is 6.61 Å². The summed E-state index contributed by atoms with van der Waals surface area (Å²) in [5, 5.41) is 4.76. The first-order valence-electron chi connectivity index (χ1n) is 7.07. The predicted molar refractivity (Wildman–Crippen MR) is 93.5 cm³/mol. The van der Waals surface area contributed by atoms with Crippen LogP contribution in [0.3, 0.4) is 0 Å². The molecule has 0 spiro atoms. The Labute approximate surface area is 145 Å². The average Bonchev–Trinajstić information content (AvgIpc) is 2.56. The third-order valence-corrected chi connectivity index (χ3v) is 3.59. The molecule has 0 radical (unpaired) electrons. The molecule has 0 unspecified atom stereocenters. The molecule has 2 aromatic rings. The molecule has 0 atom stereocenters. The van der Waals surface area contributed by atoms with Crippen molar-refractivity contribution in [3.05, 3.63) is 63.6 Å². The normalized spacial score (nSPS) is 10.7. The smallest absolute Gasteiger partial charge is 0.277 e. The number of nitrogens with zero attached hydrogens (tertiary/aromatic N) is 1. The van der Waals surface area contributed by atoms with E-state index in [1.807, 2.05) is 24.3 Å². The van der Waals surface area contributed by atoms with Crippen molar-refractivity contribution in [2.24, 2.45) is 5.10 Å². The number of nitrogens with one attached hydrogen (secondary N) is 1. The Balaban J connectivity index is 1.82. The van der Waals surface area contributed by atoms with Crippen LogP contribution in [0.4, 0.5) is 0 Å². The molecule has 0 aliphatic rings. The van der Waals surface area contributed by atoms with Crippen molar-refractivity contribution in [3.63, 3.8) is 0 Å². The van der Waals surface area contributed by atoms with Crippen molar-refractivity contribution in [3.8, 4) is 5.75 Å². The van der Waals surface area contributed by atoms with Crippen LogP contribution < -0.4 is 10.2 Å². The number of ether oxygens (including phenoxy) is 1. The first kappa shape index (κ1) is 17.3. The second-order valence-electron chi connectivity index (χ2n) is 4.75. The summed E-state index contributed by atoms with van der Waals surface area (Å²) in [6.07, 6.45) is 2.56. The van der Waals surface area contributed by atoms with Gasteiger partial charge < -0.3 is 4.74 Å². The third-order valence-electron chi connectivity index (χ3n) is 3.04. The lowest BCUT2D eigenvalue weighted by Gasteiger charge is -2.07. The van der Waals surface area contributed by atoms with Gasteiger partial charge in [0.2, 0.25) is 0 Å². The Morgan fingerprint density at radius 3 is 2.65 bits per heavy atom. The standard InChI is InChI=1S/C17H16Cl2N2O2/c1-2-12-3-5-13(6-4-12)10-20-21-17(22)11-23-16-9-14(18)7-8-15(16)19/h3-10H,2,11H2,1H3,(H,21,22)/b20-10+. The van der Waals surface area contributed by atoms with Gasteiger partial charge in [0.25, 0.3) is 5.91 Å². The molecule has 0 saturated carbocycles. The zero-order valence-corrected chi connectivity index (χ0v) is 14.1. The molecule has 0 saturated heterocycles. The van der Waals surface area contributed by atoms with Crippen LogP contribution >= 0.6 is 23.2 Å². The summed E-state index contributed by atoms with van der Waals surface area (Å²) in [7, 11) is 0. The maximum Gasteiger partial charge on any atom is 0.277 e. The summed E-state index contributed by atoms with van der Waals surface area (Å²) in [4.78, 5) is 11.7. The van der Waals surface area contributed by atoms with Crippen LogP contribution in [0.25, 0.3) is 0 Å². The molecular weight excluding hydrogens is 335 g/mol. The van der Waals surface area contributed by atoms with Gasteiger partial charge in [-0.3, -0.25) is 4.79 Å². The Morgan fingerprint density at radius 2 is 1.96 bits per heavy atom. The van der Waals surface area contributed by atoms with Crippen LogP contribution in [0.5, 0.6) is 5.75 Å². The van der Waals surface area contributed by atoms with Crippen molar-refractivity contribution in [1.29, 1.82) is 0 Å². The van der Waals surface area contributed by atoms with Gasteiger partial charge in [-0.05, 0) is 29.7 Å². The molecule has 6 heteroatoms. The Morgan fingerprint density at radius 1 is 1.22 bits per heavy atom. The van der Waals surface area contributed by atoms with E-state index in [0.717, 1.165) is 12.0 Å². The predicted octanol–water partition coefficient (Wildman–Crippen LogP) is 4.08. The molecule has 0 heterocycles. The molecule has 2 aromatic carbocycles. The lowest BCUT2D eigenvalue weighted by molar-refractivity contribution is -0.123. The van der Waals surface area contributed by atoms with Crippen LogP contribution in [-0.2, 0) is 11.2 Å². The largest absolute Gasteiger partial charge is 0.482 e. The minimum atomic E-state index is -0.387. The second-order valence-corrected chi connectivity index (χ2v) is 5.60. The fourth-order valence-electron chi connectivity index (χ4n) is 1.78. The van der Waals surface area contributed by atoms with E-state index in [-0.39, 0.29) is 12.5 Å². The SMILES string of the molecule is CCc1ccc(/C=N/NC(=O)COc2cc(Cl)ccc2Cl)cc1. The molecule has 23 heavy (non-hydrogen) atoms. The molecule has 120 valence electrons. The van der Waals surface area contributed by atoms with Crippen molar-refractivity contribution >= 4 is 35.3 Å². The molecular formula is C17H16Cl2N2O2. The number of hydrogen-bond donors (Lipinski definition) is 1. The maximum absolute atomic E-state index is 11.7. The highest BCUT2D eigenvalue weighted by Gasteiger charge is 2.06. The number of hydrazone groups is 1. The minimum absolute atomic E-state index is 0.202. The number of rotatable bonds is 6. The minimum Gasteiger partial charge on any atom is -0.482 e. The van der Waals surface area contributed by atoms with Crippen molar-refractivity contribution in [2.45, 2.75) is 13.3 Å². The van der Waals surface area contributed by atoms with E-state index in [1.54, 1.807) is 24.4 Å². The van der Waals surface area contributed by atoms with Gasteiger partial charge in [-0.25, -0.2) is 5.43 Å². The van der Waals surface area contributed by atoms with E-state index >= 15 is 0 Å². The highest BCUT2D eigenvalue weighted by molar-refractivity contribution is 6.34. The number of carbonyl (C=O) groups excluding carboxylic acids is 1. The van der Waals surface area contributed by atoms with Gasteiger partial charge in [-0.2, -0.15) is 5.10 Å². The van der Waals surface area contributed by atoms with Crippen molar-refractivity contribution in [1.82, 2.24) is 5.43 Å². The number of aryl methyl sites for hydroxylation is 1. The summed E-state index contributed by atoms with van der Waals surface area (Å²) in [5.41, 5.74) is 4.55. The van der Waals surface area contributed by atoms with E-state index in [4.69, 9.17) is 27.9 Å². The van der Waals surface area contributed by atoms with Crippen LogP contribution in [0.2, 0.25) is 10.0 Å². The van der Waals surface area contributed by atoms with Crippen molar-refractivity contribution < 1.29 is 9.53 Å². The van der Waals surface area contributed by atoms with E-state index in [2.05, 4.69) is 17.5 Å². The first-order chi connectivity index (χ1) is 11.1. The van der Waals surface area contributed by atoms with Gasteiger partial charge >= 0.3 is 0 Å². The maximum atomic E-state index is 11.7. The molecule has 0 fully saturated rings. The molecule has 0 aromatic heterocycles. The third kappa shape index (κ3) is 5.58. The van der Waals surface area contributed by atoms with Crippen molar-refractivity contribution in [2.75, 3.05) is 6.61 Å². The van der Waals surface area contributed by atoms with Crippen LogP contribution in [0, 0.1) is 0 Å². The zero-order chi connectivity index (χ0) is 16.7. The monoisotopic (exact) mass is 350 g/mol. The number of carbonyl (C=O) groups is 1. The van der Waals surface area contributed by atoms with Gasteiger partial charge in [0.1, 0.15) is 5.75 Å². The fourth-order valence-corrected chi connectivity index (χ4v) is 2.12. The van der Waals surface area contributed by atoms with Gasteiger partial charge in [-0.15, -0.1) is 0 Å². The van der Waals surface area contributed by atoms with Crippen LogP contribution in [0.15, 0.2) is 47.6 Å². The quantitative estimate of drug-likeness (QED) is 0.630. The Bertz CT molecular complexity index is 700. The highest BCUT2D eigenvalue weighted by Crippen LogP contribution is 2.27. The van der Waals surface area contributed by atoms with Gasteiger partial charge in [0.05, 0.1) is 11.2 Å². The van der Waals surface area contributed by atoms with Crippen LogP contribution in [0.1, 0.15) is 18.1 Å². The molecule has 1 amide bonds. The summed E-state index contributed by atoms with van der Waals surface area (Å²) < 4.78 is 5.31. The van der Waals surface area contributed by atoms with E-state index in [9.17, 15) is 4.79 Å². The fraction of sp³-hybridized carbons (Fsp3) is 0.176. The van der Waals surface area contributed by atoms with E-state index in [0.29, 0.717) is 15.8 Å². The molecule has 1 N–H and O–H groups in total. The number of halogens is 2. The average molecular weight is 351 g/mol. The first-order valence-corrected chi connectivity index (χ1v) is 7.82. The Kier molecular flexibility index (Phi) is 6.44. The van der Waals surface area contributed by atoms with E-state index in [1.165, 1.54) is 5.56 Å². The summed E-state index contributed by atoms with van der Waals surface area (Å²) in [6.45, 7) is 1.89. The van der Waals surface area contributed by atoms with Gasteiger partial charge in [-0.1, -0.05) is 54.4 Å². The molecule has 0 aliphatic carbocycles. The molecule has 0 aliphatic heterocycles. The number of benzene rings is 2. The Hall–Kier alpha value is -2.04. The molecule has 4 nitrogen and oxygen atoms in total. The summed E-state index contributed by atoms with van der Waals surface area (Å²) in [5.74, 6) is -0.0316. The number of hydrogen-bond acceptors (Lipinski definition) is 3. The topological polar surface area (TPSA) is 50.7 Å². The molecule has 0 bridgehead atoms. The van der Waals surface area contributed by atoms with E-state index < -0.39 is 0 Å². The lowest BCUT2D eigenvalue weighted by atomic mass is 10.1. The zero-order valence-electron chi connectivity index (χ0n) is 12.6. The molecule has 2 rings (SSSR count). The number of amides is 1. The van der Waals surface area contributed by atoms with Gasteiger partial charge in [0, 0.05) is 11.1 Å². The summed E-state index contributed by atoms with van der Waals surface area (Å²) in [6, 6.07) is 12.7. The second kappa shape index (κ2) is 8.56. The summed E-state index contributed by atoms with van der Waals surface area (Å²) >= 11 is 11.8. The van der Waals surface area contributed by atoms with Crippen LogP contribution in [-0.4, -0.2) is 18.7 Å². The lowest BCUT2D eigenvalue weighted by Crippen LogP contribution is -2.24.